The number of aromatic nitrogens is 1. The van der Waals surface area contributed by atoms with E-state index in [1.54, 1.807) is 32.2 Å². The van der Waals surface area contributed by atoms with Crippen LogP contribution in [0, 0.1) is 0 Å². The lowest BCUT2D eigenvalue weighted by atomic mass is 10.2. The Morgan fingerprint density at radius 2 is 2.00 bits per heavy atom. The van der Waals surface area contributed by atoms with Crippen LogP contribution in [-0.2, 0) is 0 Å². The van der Waals surface area contributed by atoms with Crippen molar-refractivity contribution in [3.05, 3.63) is 36.4 Å². The van der Waals surface area contributed by atoms with Crippen LogP contribution in [0.1, 0.15) is 0 Å². The summed E-state index contributed by atoms with van der Waals surface area (Å²) in [6.45, 7) is 0. The fraction of sp³-hybridized carbons (Fsp3) is 0. The Labute approximate surface area is 92.8 Å². The third-order valence-electron chi connectivity index (χ3n) is 1.99. The number of hydrogen-bond donors (Lipinski definition) is 0. The van der Waals surface area contributed by atoms with E-state index in [-0.39, 0.29) is 0 Å². The molecule has 3 rings (SSSR count). The average molecular weight is 236 g/mol. The van der Waals surface area contributed by atoms with Gasteiger partial charge in [0.2, 0.25) is 4.83 Å². The molecular formula is C10H6NS3+. The van der Waals surface area contributed by atoms with E-state index in [4.69, 9.17) is 0 Å². The second-order valence-corrected chi connectivity index (χ2v) is 5.81. The summed E-state index contributed by atoms with van der Waals surface area (Å²) in [4.78, 5) is 2.48. The lowest BCUT2D eigenvalue weighted by molar-refractivity contribution is 1.70. The van der Waals surface area contributed by atoms with Gasteiger partial charge in [0.1, 0.15) is 0 Å². The van der Waals surface area contributed by atoms with Crippen molar-refractivity contribution < 1.29 is 0 Å². The van der Waals surface area contributed by atoms with Crippen LogP contribution in [0.15, 0.2) is 36.4 Å². The Morgan fingerprint density at radius 3 is 2.79 bits per heavy atom. The van der Waals surface area contributed by atoms with Crippen LogP contribution in [0.4, 0.5) is 0 Å². The van der Waals surface area contributed by atoms with Gasteiger partial charge in [0.25, 0.3) is 15.2 Å². The molecule has 0 saturated heterocycles. The second kappa shape index (κ2) is 3.38. The quantitative estimate of drug-likeness (QED) is 0.451. The lowest BCUT2D eigenvalue weighted by Crippen LogP contribution is -1.67. The van der Waals surface area contributed by atoms with Crippen LogP contribution in [0.2, 0.25) is 0 Å². The van der Waals surface area contributed by atoms with Gasteiger partial charge in [0.05, 0.1) is 0 Å². The summed E-state index contributed by atoms with van der Waals surface area (Å²) in [6, 6.07) is 12.7. The van der Waals surface area contributed by atoms with Gasteiger partial charge in [-0.25, -0.2) is 0 Å². The molecule has 0 N–H and O–H groups in total. The number of nitrogens with zero attached hydrogens (tertiary/aromatic N) is 1. The Balaban J connectivity index is 2.19. The van der Waals surface area contributed by atoms with Crippen molar-refractivity contribution in [2.24, 2.45) is 0 Å². The third kappa shape index (κ3) is 1.35. The van der Waals surface area contributed by atoms with Crippen LogP contribution in [-0.4, -0.2) is 4.37 Å². The Bertz CT molecular complexity index is 524. The molecule has 0 bridgehead atoms. The molecular weight excluding hydrogens is 230 g/mol. The standard InChI is InChI=1S/C10H6NS3/c1-2-4-7(5-3-1)8-6-9-10(12-8)11-14-13-9/h1-6H/q+1. The van der Waals surface area contributed by atoms with Crippen LogP contribution in [0.5, 0.6) is 0 Å². The van der Waals surface area contributed by atoms with Gasteiger partial charge in [-0.2, -0.15) is 0 Å². The molecule has 3 aromatic rings. The van der Waals surface area contributed by atoms with Gasteiger partial charge in [0.15, 0.2) is 0 Å². The van der Waals surface area contributed by atoms with Gasteiger partial charge in [0, 0.05) is 10.9 Å². The smallest absolute Gasteiger partial charge is 0.123 e. The van der Waals surface area contributed by atoms with Crippen molar-refractivity contribution in [3.63, 3.8) is 0 Å². The van der Waals surface area contributed by atoms with Crippen molar-refractivity contribution in [1.82, 2.24) is 4.37 Å². The SMILES string of the molecule is c1ccc(-c2cc3[s+]snc3s2)cc1. The molecule has 0 radical (unpaired) electrons. The monoisotopic (exact) mass is 236 g/mol. The van der Waals surface area contributed by atoms with E-state index in [2.05, 4.69) is 34.7 Å². The van der Waals surface area contributed by atoms with Crippen molar-refractivity contribution in [3.8, 4) is 10.4 Å². The molecule has 2 aromatic heterocycles. The summed E-state index contributed by atoms with van der Waals surface area (Å²) >= 11 is 1.77. The van der Waals surface area contributed by atoms with E-state index in [0.29, 0.717) is 0 Å². The molecule has 14 heavy (non-hydrogen) atoms. The maximum Gasteiger partial charge on any atom is 0.324 e. The van der Waals surface area contributed by atoms with E-state index in [1.807, 2.05) is 6.07 Å². The molecule has 2 heterocycles. The maximum absolute atomic E-state index is 4.34. The van der Waals surface area contributed by atoms with Crippen molar-refractivity contribution in [2.45, 2.75) is 0 Å². The summed E-state index contributed by atoms with van der Waals surface area (Å²) in [5.74, 6) is 0. The molecule has 0 atom stereocenters. The van der Waals surface area contributed by atoms with Gasteiger partial charge >= 0.3 is 10.3 Å². The number of benzene rings is 1. The molecule has 0 unspecified atom stereocenters. The van der Waals surface area contributed by atoms with E-state index in [9.17, 15) is 0 Å². The van der Waals surface area contributed by atoms with Crippen molar-refractivity contribution >= 4 is 41.7 Å². The molecule has 0 saturated carbocycles. The normalized spacial score (nSPS) is 10.9. The molecule has 0 spiro atoms. The van der Waals surface area contributed by atoms with Crippen molar-refractivity contribution in [2.75, 3.05) is 0 Å². The van der Waals surface area contributed by atoms with Gasteiger partial charge in [-0.3, -0.25) is 0 Å². The summed E-state index contributed by atoms with van der Waals surface area (Å²) in [5, 5.41) is 0. The number of thiophene rings is 1. The highest BCUT2D eigenvalue weighted by molar-refractivity contribution is 7.70. The maximum atomic E-state index is 4.34. The summed E-state index contributed by atoms with van der Waals surface area (Å²) < 4.78 is 5.65. The zero-order chi connectivity index (χ0) is 9.38. The lowest BCUT2D eigenvalue weighted by Gasteiger charge is -1.92. The summed E-state index contributed by atoms with van der Waals surface area (Å²) in [5.41, 5.74) is 1.28. The number of hydrogen-bond acceptors (Lipinski definition) is 3. The molecule has 0 aliphatic rings. The minimum Gasteiger partial charge on any atom is -0.123 e. The molecule has 4 heteroatoms. The van der Waals surface area contributed by atoms with Crippen LogP contribution < -0.4 is 0 Å². The van der Waals surface area contributed by atoms with E-state index in [0.717, 1.165) is 0 Å². The number of fused-ring (bicyclic) bond motifs is 1. The predicted octanol–water partition coefficient (Wildman–Crippen LogP) is 4.37. The van der Waals surface area contributed by atoms with Gasteiger partial charge in [-0.15, -0.1) is 15.7 Å². The molecule has 68 valence electrons. The highest BCUT2D eigenvalue weighted by Crippen LogP contribution is 2.35. The molecule has 0 fully saturated rings. The van der Waals surface area contributed by atoms with Gasteiger partial charge in [-0.1, -0.05) is 30.3 Å². The second-order valence-electron chi connectivity index (χ2n) is 2.90. The third-order valence-corrected chi connectivity index (χ3v) is 5.12. The van der Waals surface area contributed by atoms with E-state index >= 15 is 0 Å². The predicted molar refractivity (Wildman–Crippen MR) is 65.2 cm³/mol. The zero-order valence-corrected chi connectivity index (χ0v) is 9.59. The largest absolute Gasteiger partial charge is 0.324 e. The first-order chi connectivity index (χ1) is 6.93. The number of rotatable bonds is 1. The molecule has 0 aliphatic carbocycles. The highest BCUT2D eigenvalue weighted by atomic mass is 32.9. The minimum atomic E-state index is 1.17. The fourth-order valence-corrected chi connectivity index (χ4v) is 4.59. The average Bonchev–Trinajstić information content (AvgIpc) is 2.78. The first-order valence-electron chi connectivity index (χ1n) is 4.17. The fourth-order valence-electron chi connectivity index (χ4n) is 1.33. The zero-order valence-electron chi connectivity index (χ0n) is 7.14. The van der Waals surface area contributed by atoms with Crippen LogP contribution in [0.25, 0.3) is 20.0 Å². The van der Waals surface area contributed by atoms with Crippen LogP contribution >= 0.6 is 32.2 Å². The Hall–Kier alpha value is -0.840. The molecule has 1 aromatic carbocycles. The molecule has 1 nitrogen and oxygen atoms in total. The van der Waals surface area contributed by atoms with E-state index in [1.165, 1.54) is 20.0 Å². The summed E-state index contributed by atoms with van der Waals surface area (Å²) in [6.07, 6.45) is 0. The Morgan fingerprint density at radius 1 is 1.14 bits per heavy atom. The highest BCUT2D eigenvalue weighted by Gasteiger charge is 2.14. The first-order valence-corrected chi connectivity index (χ1v) is 7.10. The van der Waals surface area contributed by atoms with Gasteiger partial charge < -0.3 is 0 Å². The minimum absolute atomic E-state index is 1.17. The van der Waals surface area contributed by atoms with Gasteiger partial charge in [-0.05, 0) is 5.56 Å². The molecule has 0 amide bonds. The Kier molecular flexibility index (Phi) is 2.05. The first kappa shape index (κ1) is 8.47. The van der Waals surface area contributed by atoms with E-state index < -0.39 is 0 Å². The van der Waals surface area contributed by atoms with Crippen LogP contribution in [0.3, 0.4) is 0 Å². The molecule has 0 aliphatic heterocycles. The summed E-state index contributed by atoms with van der Waals surface area (Å²) in [7, 11) is 3.31. The topological polar surface area (TPSA) is 12.9 Å². The van der Waals surface area contributed by atoms with Crippen molar-refractivity contribution in [1.29, 1.82) is 0 Å².